The minimum Gasteiger partial charge on any atom is -0.481 e. The Kier molecular flexibility index (Phi) is 18.4. The molecule has 0 aromatic heterocycles. The lowest BCUT2D eigenvalue weighted by Gasteiger charge is -2.26. The lowest BCUT2D eigenvalue weighted by molar-refractivity contribution is -0.144. The summed E-state index contributed by atoms with van der Waals surface area (Å²) >= 11 is 0. The second-order valence-electron chi connectivity index (χ2n) is 10.8. The van der Waals surface area contributed by atoms with Gasteiger partial charge in [-0.25, -0.2) is 4.79 Å². The molecule has 0 fully saturated rings. The van der Waals surface area contributed by atoms with Crippen LogP contribution >= 0.6 is 0 Å². The summed E-state index contributed by atoms with van der Waals surface area (Å²) in [5.41, 5.74) is 11.2. The number of carboxylic acids is 2. The SMILES string of the molecule is CC(C)C[C@H](N)C(=O)N[C@@H](C)C(=O)N[C@H](C(=O)N[C@@H](CC(=O)O)C(=O)N[C@@H](CO)C(=O)N[C@@H](CCCCN)C(=O)O)C(C)O. The van der Waals surface area contributed by atoms with Crippen molar-refractivity contribution in [2.45, 2.75) is 102 Å². The van der Waals surface area contributed by atoms with Crippen molar-refractivity contribution in [1.82, 2.24) is 26.6 Å². The van der Waals surface area contributed by atoms with E-state index >= 15 is 0 Å². The number of unbranched alkanes of at least 4 members (excludes halogenated alkanes) is 1. The number of aliphatic carboxylic acids is 2. The third-order valence-electron chi connectivity index (χ3n) is 6.27. The summed E-state index contributed by atoms with van der Waals surface area (Å²) in [6.45, 7) is 5.45. The van der Waals surface area contributed by atoms with Crippen LogP contribution in [-0.2, 0) is 33.6 Å². The largest absolute Gasteiger partial charge is 0.481 e. The summed E-state index contributed by atoms with van der Waals surface area (Å²) < 4.78 is 0. The summed E-state index contributed by atoms with van der Waals surface area (Å²) in [6.07, 6.45) is -1.34. The molecule has 0 aliphatic carbocycles. The van der Waals surface area contributed by atoms with E-state index in [2.05, 4.69) is 26.6 Å². The zero-order chi connectivity index (χ0) is 34.1. The summed E-state index contributed by atoms with van der Waals surface area (Å²) in [6, 6.07) is -8.73. The Balaban J connectivity index is 5.58. The first-order valence-electron chi connectivity index (χ1n) is 14.2. The van der Waals surface area contributed by atoms with Crippen LogP contribution in [0, 0.1) is 5.92 Å². The number of carbonyl (C=O) groups excluding carboxylic acids is 5. The Morgan fingerprint density at radius 3 is 1.73 bits per heavy atom. The van der Waals surface area contributed by atoms with E-state index in [1.807, 2.05) is 13.8 Å². The Morgan fingerprint density at radius 1 is 0.705 bits per heavy atom. The highest BCUT2D eigenvalue weighted by Crippen LogP contribution is 2.05. The van der Waals surface area contributed by atoms with Crippen LogP contribution in [-0.4, -0.2) is 117 Å². The molecule has 0 heterocycles. The van der Waals surface area contributed by atoms with Crippen molar-refractivity contribution >= 4 is 41.5 Å². The van der Waals surface area contributed by atoms with Gasteiger partial charge in [-0.15, -0.1) is 0 Å². The second-order valence-corrected chi connectivity index (χ2v) is 10.8. The molecule has 0 spiro atoms. The van der Waals surface area contributed by atoms with Gasteiger partial charge in [0.1, 0.15) is 30.2 Å². The van der Waals surface area contributed by atoms with Crippen LogP contribution in [0.25, 0.3) is 0 Å². The van der Waals surface area contributed by atoms with Crippen LogP contribution in [0.2, 0.25) is 0 Å². The van der Waals surface area contributed by atoms with E-state index in [9.17, 15) is 54.0 Å². The first-order valence-corrected chi connectivity index (χ1v) is 14.2. The molecule has 1 unspecified atom stereocenters. The predicted octanol–water partition coefficient (Wildman–Crippen LogP) is -4.13. The van der Waals surface area contributed by atoms with Gasteiger partial charge in [0, 0.05) is 0 Å². The quantitative estimate of drug-likeness (QED) is 0.0536. The zero-order valence-electron chi connectivity index (χ0n) is 25.4. The van der Waals surface area contributed by atoms with E-state index in [-0.39, 0.29) is 12.3 Å². The van der Waals surface area contributed by atoms with Crippen molar-refractivity contribution < 1.29 is 54.0 Å². The van der Waals surface area contributed by atoms with E-state index in [1.165, 1.54) is 6.92 Å². The molecule has 18 heteroatoms. The molecule has 0 rings (SSSR count). The minimum atomic E-state index is -1.86. The number of rotatable bonds is 21. The average Bonchev–Trinajstić information content (AvgIpc) is 2.92. The number of aliphatic hydroxyl groups excluding tert-OH is 2. The van der Waals surface area contributed by atoms with Crippen LogP contribution in [0.5, 0.6) is 0 Å². The van der Waals surface area contributed by atoms with Gasteiger partial charge < -0.3 is 58.5 Å². The molecule has 0 radical (unpaired) electrons. The van der Waals surface area contributed by atoms with Gasteiger partial charge in [0.2, 0.25) is 29.5 Å². The van der Waals surface area contributed by atoms with Gasteiger partial charge in [0.15, 0.2) is 0 Å². The van der Waals surface area contributed by atoms with E-state index in [0.29, 0.717) is 25.8 Å². The van der Waals surface area contributed by atoms with Crippen molar-refractivity contribution in [3.8, 4) is 0 Å². The maximum Gasteiger partial charge on any atom is 0.326 e. The fourth-order valence-electron chi connectivity index (χ4n) is 3.82. The fourth-order valence-corrected chi connectivity index (χ4v) is 3.82. The number of aliphatic hydroxyl groups is 2. The molecule has 0 bridgehead atoms. The Morgan fingerprint density at radius 2 is 1.25 bits per heavy atom. The van der Waals surface area contributed by atoms with E-state index in [0.717, 1.165) is 6.92 Å². The molecule has 18 nitrogen and oxygen atoms in total. The first kappa shape index (κ1) is 40.1. The molecule has 0 aliphatic heterocycles. The number of nitrogens with two attached hydrogens (primary N) is 2. The van der Waals surface area contributed by atoms with Gasteiger partial charge in [-0.3, -0.25) is 28.8 Å². The third-order valence-corrected chi connectivity index (χ3v) is 6.27. The molecule has 0 saturated heterocycles. The maximum atomic E-state index is 13.0. The maximum absolute atomic E-state index is 13.0. The molecule has 0 aromatic carbocycles. The molecule has 44 heavy (non-hydrogen) atoms. The Bertz CT molecular complexity index is 1010. The van der Waals surface area contributed by atoms with Gasteiger partial charge in [-0.1, -0.05) is 13.8 Å². The molecule has 0 aliphatic rings. The van der Waals surface area contributed by atoms with Gasteiger partial charge in [0.05, 0.1) is 25.2 Å². The highest BCUT2D eigenvalue weighted by Gasteiger charge is 2.34. The summed E-state index contributed by atoms with van der Waals surface area (Å²) in [4.78, 5) is 86.3. The van der Waals surface area contributed by atoms with Crippen molar-refractivity contribution in [3.05, 3.63) is 0 Å². The molecular weight excluding hydrogens is 586 g/mol. The molecular formula is C26H47N7O11. The molecule has 5 amide bonds. The summed E-state index contributed by atoms with van der Waals surface area (Å²) in [5, 5.41) is 49.3. The molecule has 7 atom stereocenters. The molecule has 0 aromatic rings. The number of hydrogen-bond acceptors (Lipinski definition) is 11. The van der Waals surface area contributed by atoms with Crippen LogP contribution < -0.4 is 38.1 Å². The molecule has 0 saturated carbocycles. The Hall–Kier alpha value is -3.87. The van der Waals surface area contributed by atoms with Crippen molar-refractivity contribution in [2.75, 3.05) is 13.2 Å². The van der Waals surface area contributed by atoms with Crippen molar-refractivity contribution in [2.24, 2.45) is 17.4 Å². The average molecular weight is 634 g/mol. The summed E-state index contributed by atoms with van der Waals surface area (Å²) in [7, 11) is 0. The Labute approximate surface area is 255 Å². The summed E-state index contributed by atoms with van der Waals surface area (Å²) in [5.74, 6) is -7.83. The van der Waals surface area contributed by atoms with E-state index in [4.69, 9.17) is 11.5 Å². The topological polar surface area (TPSA) is 313 Å². The van der Waals surface area contributed by atoms with Crippen molar-refractivity contribution in [1.29, 1.82) is 0 Å². The van der Waals surface area contributed by atoms with E-state index < -0.39 is 96.9 Å². The fraction of sp³-hybridized carbons (Fsp3) is 0.731. The number of nitrogens with one attached hydrogen (secondary N) is 5. The lowest BCUT2D eigenvalue weighted by Crippen LogP contribution is -2.61. The number of hydrogen-bond donors (Lipinski definition) is 11. The van der Waals surface area contributed by atoms with Crippen LogP contribution in [0.4, 0.5) is 0 Å². The van der Waals surface area contributed by atoms with Gasteiger partial charge in [0.25, 0.3) is 0 Å². The van der Waals surface area contributed by atoms with Gasteiger partial charge >= 0.3 is 11.9 Å². The van der Waals surface area contributed by atoms with Gasteiger partial charge in [-0.2, -0.15) is 0 Å². The van der Waals surface area contributed by atoms with E-state index in [1.54, 1.807) is 0 Å². The third kappa shape index (κ3) is 15.0. The normalized spacial score (nSPS) is 15.8. The first-order chi connectivity index (χ1) is 20.4. The lowest BCUT2D eigenvalue weighted by atomic mass is 10.0. The van der Waals surface area contributed by atoms with Gasteiger partial charge in [-0.05, 0) is 52.0 Å². The molecule has 252 valence electrons. The second kappa shape index (κ2) is 20.2. The smallest absolute Gasteiger partial charge is 0.326 e. The number of carboxylic acid groups (broad SMARTS) is 2. The number of carbonyl (C=O) groups is 7. The van der Waals surface area contributed by atoms with Crippen LogP contribution in [0.3, 0.4) is 0 Å². The number of amides is 5. The predicted molar refractivity (Wildman–Crippen MR) is 154 cm³/mol. The zero-order valence-corrected chi connectivity index (χ0v) is 25.4. The monoisotopic (exact) mass is 633 g/mol. The standard InChI is InChI=1S/C26H47N7O11/c1-12(2)9-15(28)22(39)29-13(3)21(38)33-20(14(4)35)25(42)31-17(10-19(36)37)23(40)32-18(11-34)24(41)30-16(26(43)44)7-5-6-8-27/h12-18,20,34-35H,5-11,27-28H2,1-4H3,(H,29,39)(H,30,41)(H,31,42)(H,32,40)(H,33,38)(H,36,37)(H,43,44)/t13-,14?,15-,16-,17-,18-,20-/m0/s1. The van der Waals surface area contributed by atoms with Crippen LogP contribution in [0.15, 0.2) is 0 Å². The van der Waals surface area contributed by atoms with Crippen molar-refractivity contribution in [3.63, 3.8) is 0 Å². The minimum absolute atomic E-state index is 0.0154. The highest BCUT2D eigenvalue weighted by atomic mass is 16.4. The van der Waals surface area contributed by atoms with Crippen LogP contribution in [0.1, 0.15) is 59.8 Å². The molecule has 13 N–H and O–H groups in total. The highest BCUT2D eigenvalue weighted by molar-refractivity contribution is 5.97.